The standard InChI is InChI=1S/C49H92N16O14/c1-6-7-8-9-10-11-37(69)56-29(12-18-50)40(70)63-36(25-66)47(77)59-30(13-19-51)41(71)60-34-17-23-55-48(78)38(27(4)67)64-45(75)33(16-22-54)58-42(72)32(15-21-53)61-49(79)39(28(5)68)65-46(76)35(24-26(2)3)62-43(73)31(14-20-52)57-44(34)74/h26-36,38-39,66-68H,6-25,50-54H2,1-5H3,(H,55,78)(H,56,69)(H,57,74)(H,58,72)(H,59,77)(H,60,71)(H,61,79)(H,62,73)(H,63,70)(H,64,75)(H,65,76)/t27-,28-,29+,30+,31+,32+,33+,34+,35-,36+,38+,39+/m1/s1. The van der Waals surface area contributed by atoms with Crippen molar-refractivity contribution in [2.45, 2.75) is 191 Å². The molecule has 0 unspecified atom stereocenters. The Morgan fingerprint density at radius 1 is 0.532 bits per heavy atom. The zero-order valence-corrected chi connectivity index (χ0v) is 46.4. The number of unbranched alkanes of at least 4 members (excludes halogenated alkanes) is 4. The van der Waals surface area contributed by atoms with Gasteiger partial charge >= 0.3 is 0 Å². The summed E-state index contributed by atoms with van der Waals surface area (Å²) in [5.74, 6) is -10.6. The van der Waals surface area contributed by atoms with Gasteiger partial charge in [-0.05, 0) is 104 Å². The summed E-state index contributed by atoms with van der Waals surface area (Å²) < 4.78 is 0. The first kappa shape index (κ1) is 70.9. The molecule has 30 nitrogen and oxygen atoms in total. The van der Waals surface area contributed by atoms with Gasteiger partial charge in [-0.25, -0.2) is 0 Å². The van der Waals surface area contributed by atoms with E-state index in [1.807, 2.05) is 0 Å². The van der Waals surface area contributed by atoms with E-state index < -0.39 is 157 Å². The van der Waals surface area contributed by atoms with Crippen LogP contribution in [0.25, 0.3) is 0 Å². The minimum atomic E-state index is -1.73. The Bertz CT molecular complexity index is 1980. The molecule has 1 aliphatic heterocycles. The number of hydrogen-bond acceptors (Lipinski definition) is 19. The van der Waals surface area contributed by atoms with Gasteiger partial charge in [0.15, 0.2) is 0 Å². The Kier molecular flexibility index (Phi) is 34.5. The maximum absolute atomic E-state index is 14.3. The van der Waals surface area contributed by atoms with E-state index in [1.54, 1.807) is 13.8 Å². The van der Waals surface area contributed by atoms with E-state index in [9.17, 15) is 68.1 Å². The molecule has 1 saturated heterocycles. The predicted octanol–water partition coefficient (Wildman–Crippen LogP) is -7.74. The Hall–Kier alpha value is -6.15. The number of aliphatic hydroxyl groups excluding tert-OH is 3. The molecule has 0 radical (unpaired) electrons. The lowest BCUT2D eigenvalue weighted by Gasteiger charge is -2.29. The van der Waals surface area contributed by atoms with Gasteiger partial charge < -0.3 is 102 Å². The molecule has 79 heavy (non-hydrogen) atoms. The smallest absolute Gasteiger partial charge is 0.245 e. The summed E-state index contributed by atoms with van der Waals surface area (Å²) in [6, 6.07) is -15.3. The number of carbonyl (C=O) groups is 11. The van der Waals surface area contributed by atoms with E-state index in [0.717, 1.165) is 25.7 Å². The zero-order valence-electron chi connectivity index (χ0n) is 46.4. The molecular weight excluding hydrogens is 1040 g/mol. The highest BCUT2D eigenvalue weighted by molar-refractivity contribution is 5.99. The normalized spacial score (nSPS) is 23.4. The molecule has 1 fully saturated rings. The molecule has 1 rings (SSSR count). The molecule has 0 spiro atoms. The number of nitrogens with one attached hydrogen (secondary N) is 11. The summed E-state index contributed by atoms with van der Waals surface area (Å²) in [5.41, 5.74) is 28.9. The van der Waals surface area contributed by atoms with Crippen LogP contribution in [0.1, 0.15) is 118 Å². The Balaban J connectivity index is 3.76. The van der Waals surface area contributed by atoms with Gasteiger partial charge in [-0.3, -0.25) is 52.7 Å². The average molecular weight is 1130 g/mol. The highest BCUT2D eigenvalue weighted by Crippen LogP contribution is 2.10. The van der Waals surface area contributed by atoms with Crippen LogP contribution in [0.15, 0.2) is 0 Å². The number of amides is 11. The van der Waals surface area contributed by atoms with Crippen LogP contribution in [-0.4, -0.2) is 199 Å². The third-order valence-electron chi connectivity index (χ3n) is 12.6. The van der Waals surface area contributed by atoms with E-state index in [1.165, 1.54) is 13.8 Å². The number of carbonyl (C=O) groups excluding carboxylic acids is 11. The molecule has 11 amide bonds. The SMILES string of the molecule is CCCCCCCC(=O)N[C@@H](CCN)C(=O)N[C@@H](CO)C(=O)N[C@@H](CCN)C(=O)N[C@H]1CCNC(=O)[C@H]([C@@H](C)O)NC(=O)[C@H](CCN)NC(=O)[C@H](CCN)NC(=O)[C@H]([C@@H](C)O)NC(=O)[C@@H](CC(C)C)NC(=O)[C@H](CCN)NC1=O. The van der Waals surface area contributed by atoms with Gasteiger partial charge in [0.1, 0.15) is 60.4 Å². The first-order chi connectivity index (χ1) is 37.4. The number of rotatable bonds is 28. The fourth-order valence-electron chi connectivity index (χ4n) is 8.16. The topological polar surface area (TPSA) is 511 Å². The zero-order chi connectivity index (χ0) is 59.8. The quantitative estimate of drug-likeness (QED) is 0.0324. The van der Waals surface area contributed by atoms with Crippen LogP contribution in [0, 0.1) is 5.92 Å². The minimum Gasteiger partial charge on any atom is -0.394 e. The predicted molar refractivity (Wildman–Crippen MR) is 289 cm³/mol. The molecular formula is C49H92N16O14. The Morgan fingerprint density at radius 3 is 1.44 bits per heavy atom. The molecule has 0 aliphatic carbocycles. The summed E-state index contributed by atoms with van der Waals surface area (Å²) in [4.78, 5) is 151. The molecule has 24 N–H and O–H groups in total. The second kappa shape index (κ2) is 38.5. The second-order valence-electron chi connectivity index (χ2n) is 19.9. The first-order valence-corrected chi connectivity index (χ1v) is 27.2. The monoisotopic (exact) mass is 1130 g/mol. The van der Waals surface area contributed by atoms with Gasteiger partial charge in [0.05, 0.1) is 18.8 Å². The molecule has 0 aromatic heterocycles. The Morgan fingerprint density at radius 2 is 0.962 bits per heavy atom. The average Bonchev–Trinajstić information content (AvgIpc) is 3.38. The van der Waals surface area contributed by atoms with E-state index in [-0.39, 0.29) is 83.6 Å². The van der Waals surface area contributed by atoms with Crippen LogP contribution < -0.4 is 87.2 Å². The highest BCUT2D eigenvalue weighted by Gasteiger charge is 2.37. The summed E-state index contributed by atoms with van der Waals surface area (Å²) in [5, 5.41) is 58.7. The molecule has 0 bridgehead atoms. The van der Waals surface area contributed by atoms with Gasteiger partial charge in [0.25, 0.3) is 0 Å². The molecule has 0 aromatic carbocycles. The van der Waals surface area contributed by atoms with Crippen LogP contribution in [0.4, 0.5) is 0 Å². The van der Waals surface area contributed by atoms with Crippen molar-refractivity contribution in [1.29, 1.82) is 0 Å². The minimum absolute atomic E-state index is 0.0129. The number of aliphatic hydroxyl groups is 3. The van der Waals surface area contributed by atoms with Crippen LogP contribution in [0.2, 0.25) is 0 Å². The summed E-state index contributed by atoms with van der Waals surface area (Å²) in [7, 11) is 0. The van der Waals surface area contributed by atoms with Crippen LogP contribution in [-0.2, 0) is 52.7 Å². The van der Waals surface area contributed by atoms with Crippen molar-refractivity contribution in [3.8, 4) is 0 Å². The van der Waals surface area contributed by atoms with E-state index >= 15 is 0 Å². The summed E-state index contributed by atoms with van der Waals surface area (Å²) in [6.45, 7) is 5.64. The van der Waals surface area contributed by atoms with Gasteiger partial charge in [0.2, 0.25) is 65.0 Å². The molecule has 452 valence electrons. The third-order valence-corrected chi connectivity index (χ3v) is 12.6. The van der Waals surface area contributed by atoms with Gasteiger partial charge in [-0.2, -0.15) is 0 Å². The second-order valence-corrected chi connectivity index (χ2v) is 19.9. The van der Waals surface area contributed by atoms with E-state index in [4.69, 9.17) is 28.7 Å². The molecule has 30 heteroatoms. The largest absolute Gasteiger partial charge is 0.394 e. The van der Waals surface area contributed by atoms with E-state index in [0.29, 0.717) is 6.42 Å². The number of nitrogens with two attached hydrogens (primary N) is 5. The third kappa shape index (κ3) is 26.1. The van der Waals surface area contributed by atoms with Gasteiger partial charge in [-0.15, -0.1) is 0 Å². The van der Waals surface area contributed by atoms with Crippen molar-refractivity contribution in [3.05, 3.63) is 0 Å². The molecule has 1 aliphatic rings. The van der Waals surface area contributed by atoms with Crippen molar-refractivity contribution < 1.29 is 68.1 Å². The lowest BCUT2D eigenvalue weighted by atomic mass is 10.0. The fraction of sp³-hybridized carbons (Fsp3) is 0.776. The lowest BCUT2D eigenvalue weighted by Crippen LogP contribution is -2.62. The van der Waals surface area contributed by atoms with E-state index in [2.05, 4.69) is 65.4 Å². The maximum atomic E-state index is 14.3. The lowest BCUT2D eigenvalue weighted by molar-refractivity contribution is -0.137. The molecule has 1 heterocycles. The van der Waals surface area contributed by atoms with Gasteiger partial charge in [-0.1, -0.05) is 46.5 Å². The number of hydrogen-bond donors (Lipinski definition) is 19. The summed E-state index contributed by atoms with van der Waals surface area (Å²) in [6.07, 6.45) is -0.100. The van der Waals surface area contributed by atoms with Crippen molar-refractivity contribution in [2.24, 2.45) is 34.6 Å². The van der Waals surface area contributed by atoms with Crippen molar-refractivity contribution in [3.63, 3.8) is 0 Å². The fourth-order valence-corrected chi connectivity index (χ4v) is 8.16. The van der Waals surface area contributed by atoms with Crippen molar-refractivity contribution in [2.75, 3.05) is 45.9 Å². The van der Waals surface area contributed by atoms with Crippen molar-refractivity contribution in [1.82, 2.24) is 58.5 Å². The molecule has 0 saturated carbocycles. The van der Waals surface area contributed by atoms with Crippen molar-refractivity contribution >= 4 is 65.0 Å². The molecule has 12 atom stereocenters. The summed E-state index contributed by atoms with van der Waals surface area (Å²) >= 11 is 0. The maximum Gasteiger partial charge on any atom is 0.245 e. The highest BCUT2D eigenvalue weighted by atomic mass is 16.3. The van der Waals surface area contributed by atoms with Crippen LogP contribution in [0.3, 0.4) is 0 Å². The first-order valence-electron chi connectivity index (χ1n) is 27.2. The van der Waals surface area contributed by atoms with Gasteiger partial charge in [0, 0.05) is 13.0 Å². The van der Waals surface area contributed by atoms with Crippen LogP contribution in [0.5, 0.6) is 0 Å². The van der Waals surface area contributed by atoms with Crippen LogP contribution >= 0.6 is 0 Å². The Labute approximate surface area is 461 Å². The molecule has 0 aromatic rings.